The lowest BCUT2D eigenvalue weighted by molar-refractivity contribution is 0.420. The average molecular weight is 266 g/mol. The van der Waals surface area contributed by atoms with Crippen LogP contribution in [-0.4, -0.2) is 6.04 Å². The molecule has 3 rings (SSSR count). The molecule has 1 aliphatic carbocycles. The molecule has 2 aromatic rings. The van der Waals surface area contributed by atoms with Gasteiger partial charge in [-0.15, -0.1) is 0 Å². The number of hydrogen-bond acceptors (Lipinski definition) is 2. The van der Waals surface area contributed by atoms with Gasteiger partial charge < -0.3 is 0 Å². The summed E-state index contributed by atoms with van der Waals surface area (Å²) in [6.07, 6.45) is 3.42. The molecule has 1 aliphatic rings. The minimum Gasteiger partial charge on any atom is -0.271 e. The van der Waals surface area contributed by atoms with Crippen LogP contribution in [0, 0.1) is 6.92 Å². The monoisotopic (exact) mass is 266 g/mol. The van der Waals surface area contributed by atoms with Crippen molar-refractivity contribution < 1.29 is 0 Å². The Morgan fingerprint density at radius 2 is 1.85 bits per heavy atom. The predicted molar refractivity (Wildman–Crippen MR) is 83.3 cm³/mol. The third-order valence-electron chi connectivity index (χ3n) is 4.53. The lowest BCUT2D eigenvalue weighted by Crippen LogP contribution is -2.45. The van der Waals surface area contributed by atoms with Gasteiger partial charge in [-0.3, -0.25) is 11.3 Å². The summed E-state index contributed by atoms with van der Waals surface area (Å²) in [5.74, 6) is 5.87. The molecule has 0 spiro atoms. The van der Waals surface area contributed by atoms with Gasteiger partial charge in [0.25, 0.3) is 0 Å². The molecule has 0 bridgehead atoms. The maximum absolute atomic E-state index is 5.87. The summed E-state index contributed by atoms with van der Waals surface area (Å²) >= 11 is 0. The normalized spacial score (nSPS) is 17.7. The quantitative estimate of drug-likeness (QED) is 0.644. The van der Waals surface area contributed by atoms with Gasteiger partial charge in [-0.25, -0.2) is 0 Å². The molecule has 104 valence electrons. The predicted octanol–water partition coefficient (Wildman–Crippen LogP) is 3.10. The summed E-state index contributed by atoms with van der Waals surface area (Å²) in [5, 5.41) is 0. The fourth-order valence-electron chi connectivity index (χ4n) is 3.23. The molecule has 0 radical (unpaired) electrons. The maximum Gasteiger partial charge on any atom is 0.0347 e. The van der Waals surface area contributed by atoms with Gasteiger partial charge in [0.2, 0.25) is 0 Å². The van der Waals surface area contributed by atoms with Crippen LogP contribution in [-0.2, 0) is 11.8 Å². The Balaban J connectivity index is 1.84. The molecule has 1 saturated carbocycles. The highest BCUT2D eigenvalue weighted by molar-refractivity contribution is 5.35. The van der Waals surface area contributed by atoms with Crippen LogP contribution >= 0.6 is 0 Å². The van der Waals surface area contributed by atoms with Crippen molar-refractivity contribution in [1.82, 2.24) is 5.43 Å². The van der Waals surface area contributed by atoms with Crippen LogP contribution in [0.25, 0.3) is 0 Å². The third kappa shape index (κ3) is 2.49. The van der Waals surface area contributed by atoms with E-state index < -0.39 is 0 Å². The second-order valence-electron chi connectivity index (χ2n) is 5.93. The molecular formula is C18H22N2. The van der Waals surface area contributed by atoms with Crippen molar-refractivity contribution in [2.45, 2.75) is 37.6 Å². The first-order valence-corrected chi connectivity index (χ1v) is 7.32. The number of nitrogens with one attached hydrogen (secondary N) is 1. The fourth-order valence-corrected chi connectivity index (χ4v) is 3.23. The summed E-state index contributed by atoms with van der Waals surface area (Å²) in [5.41, 5.74) is 7.37. The van der Waals surface area contributed by atoms with Gasteiger partial charge in [-0.1, -0.05) is 60.2 Å². The standard InChI is InChI=1S/C18H22N2/c1-14-6-5-7-15(12-14)13-17(20-19)18(10-11-18)16-8-3-2-4-9-16/h2-9,12,17,20H,10-11,13,19H2,1H3. The van der Waals surface area contributed by atoms with E-state index in [4.69, 9.17) is 5.84 Å². The highest BCUT2D eigenvalue weighted by atomic mass is 15.2. The van der Waals surface area contributed by atoms with E-state index in [2.05, 4.69) is 66.9 Å². The van der Waals surface area contributed by atoms with E-state index in [1.807, 2.05) is 0 Å². The molecule has 2 aromatic carbocycles. The number of hydrazine groups is 1. The molecule has 0 aromatic heterocycles. The Morgan fingerprint density at radius 1 is 1.10 bits per heavy atom. The summed E-state index contributed by atoms with van der Waals surface area (Å²) < 4.78 is 0. The van der Waals surface area contributed by atoms with Crippen LogP contribution in [0.5, 0.6) is 0 Å². The first-order chi connectivity index (χ1) is 9.74. The topological polar surface area (TPSA) is 38.0 Å². The van der Waals surface area contributed by atoms with Crippen molar-refractivity contribution in [1.29, 1.82) is 0 Å². The van der Waals surface area contributed by atoms with Crippen LogP contribution in [0.4, 0.5) is 0 Å². The Labute approximate surface area is 121 Å². The number of hydrogen-bond donors (Lipinski definition) is 2. The van der Waals surface area contributed by atoms with Crippen molar-refractivity contribution in [2.75, 3.05) is 0 Å². The maximum atomic E-state index is 5.87. The lowest BCUT2D eigenvalue weighted by Gasteiger charge is -2.27. The molecule has 1 fully saturated rings. The Morgan fingerprint density at radius 3 is 2.45 bits per heavy atom. The van der Waals surface area contributed by atoms with E-state index >= 15 is 0 Å². The molecule has 1 atom stereocenters. The molecule has 0 aliphatic heterocycles. The number of nitrogens with two attached hydrogens (primary N) is 1. The van der Waals surface area contributed by atoms with Gasteiger partial charge in [0.1, 0.15) is 0 Å². The van der Waals surface area contributed by atoms with Crippen molar-refractivity contribution in [3.05, 3.63) is 71.3 Å². The van der Waals surface area contributed by atoms with Gasteiger partial charge in [0.05, 0.1) is 0 Å². The molecule has 3 N–H and O–H groups in total. The highest BCUT2D eigenvalue weighted by Crippen LogP contribution is 2.51. The van der Waals surface area contributed by atoms with Crippen molar-refractivity contribution in [3.8, 4) is 0 Å². The molecule has 2 nitrogen and oxygen atoms in total. The third-order valence-corrected chi connectivity index (χ3v) is 4.53. The molecule has 1 unspecified atom stereocenters. The van der Waals surface area contributed by atoms with Gasteiger partial charge in [-0.2, -0.15) is 0 Å². The van der Waals surface area contributed by atoms with E-state index in [0.717, 1.165) is 6.42 Å². The second kappa shape index (κ2) is 5.39. The first-order valence-electron chi connectivity index (χ1n) is 7.32. The molecule has 0 heterocycles. The van der Waals surface area contributed by atoms with E-state index in [-0.39, 0.29) is 5.41 Å². The zero-order chi connectivity index (χ0) is 14.0. The SMILES string of the molecule is Cc1cccc(CC(NN)C2(c3ccccc3)CC2)c1. The van der Waals surface area contributed by atoms with E-state index in [9.17, 15) is 0 Å². The van der Waals surface area contributed by atoms with Crippen LogP contribution in [0.15, 0.2) is 54.6 Å². The Hall–Kier alpha value is -1.64. The fraction of sp³-hybridized carbons (Fsp3) is 0.333. The molecule has 20 heavy (non-hydrogen) atoms. The smallest absolute Gasteiger partial charge is 0.0347 e. The molecular weight excluding hydrogens is 244 g/mol. The van der Waals surface area contributed by atoms with E-state index in [1.165, 1.54) is 29.5 Å². The summed E-state index contributed by atoms with van der Waals surface area (Å²) in [6, 6.07) is 19.8. The van der Waals surface area contributed by atoms with Crippen LogP contribution in [0.3, 0.4) is 0 Å². The van der Waals surface area contributed by atoms with E-state index in [0.29, 0.717) is 6.04 Å². The number of benzene rings is 2. The van der Waals surface area contributed by atoms with Gasteiger partial charge in [0.15, 0.2) is 0 Å². The van der Waals surface area contributed by atoms with E-state index in [1.54, 1.807) is 0 Å². The highest BCUT2D eigenvalue weighted by Gasteiger charge is 2.50. The Bertz CT molecular complexity index is 573. The Kier molecular flexibility index (Phi) is 3.60. The molecule has 2 heteroatoms. The van der Waals surface area contributed by atoms with Crippen molar-refractivity contribution >= 4 is 0 Å². The summed E-state index contributed by atoms with van der Waals surface area (Å²) in [6.45, 7) is 2.14. The van der Waals surface area contributed by atoms with Crippen LogP contribution in [0.1, 0.15) is 29.5 Å². The average Bonchev–Trinajstić information content (AvgIpc) is 3.27. The second-order valence-corrected chi connectivity index (χ2v) is 5.93. The van der Waals surface area contributed by atoms with Crippen LogP contribution in [0.2, 0.25) is 0 Å². The first kappa shape index (κ1) is 13.3. The van der Waals surface area contributed by atoms with Gasteiger partial charge in [-0.05, 0) is 37.3 Å². The van der Waals surface area contributed by atoms with Gasteiger partial charge in [0, 0.05) is 11.5 Å². The van der Waals surface area contributed by atoms with Crippen molar-refractivity contribution in [3.63, 3.8) is 0 Å². The largest absolute Gasteiger partial charge is 0.271 e. The van der Waals surface area contributed by atoms with Crippen molar-refractivity contribution in [2.24, 2.45) is 5.84 Å². The zero-order valence-corrected chi connectivity index (χ0v) is 12.0. The lowest BCUT2D eigenvalue weighted by atomic mass is 9.84. The summed E-state index contributed by atoms with van der Waals surface area (Å²) in [7, 11) is 0. The molecule has 0 amide bonds. The number of aryl methyl sites for hydroxylation is 1. The number of rotatable bonds is 5. The zero-order valence-electron chi connectivity index (χ0n) is 12.0. The van der Waals surface area contributed by atoms with Crippen LogP contribution < -0.4 is 11.3 Å². The summed E-state index contributed by atoms with van der Waals surface area (Å²) in [4.78, 5) is 0. The minimum atomic E-state index is 0.222. The molecule has 0 saturated heterocycles. The van der Waals surface area contributed by atoms with Gasteiger partial charge >= 0.3 is 0 Å². The minimum absolute atomic E-state index is 0.222.